The van der Waals surface area contributed by atoms with Crippen LogP contribution in [0.25, 0.3) is 0 Å². The van der Waals surface area contributed by atoms with Crippen molar-refractivity contribution >= 4 is 40.8 Å². The van der Waals surface area contributed by atoms with Gasteiger partial charge in [0.25, 0.3) is 5.91 Å². The van der Waals surface area contributed by atoms with Crippen molar-refractivity contribution in [1.29, 1.82) is 5.26 Å². The van der Waals surface area contributed by atoms with Crippen LogP contribution in [0.4, 0.5) is 10.5 Å². The van der Waals surface area contributed by atoms with Gasteiger partial charge < -0.3 is 9.32 Å². The zero-order valence-electron chi connectivity index (χ0n) is 18.2. The Bertz CT molecular complexity index is 1280. The van der Waals surface area contributed by atoms with Crippen LogP contribution >= 0.6 is 23.2 Å². The molecule has 7 nitrogen and oxygen atoms in total. The van der Waals surface area contributed by atoms with E-state index < -0.39 is 11.6 Å². The zero-order valence-corrected chi connectivity index (χ0v) is 19.8. The van der Waals surface area contributed by atoms with E-state index in [1.54, 1.807) is 43.6 Å². The maximum atomic E-state index is 14.1. The molecule has 3 amide bonds. The predicted octanol–water partition coefficient (Wildman–Crippen LogP) is 4.89. The summed E-state index contributed by atoms with van der Waals surface area (Å²) >= 11 is 12.4. The van der Waals surface area contributed by atoms with Crippen LogP contribution in [0.15, 0.2) is 65.3 Å². The molecule has 3 aromatic rings. The molecule has 1 aromatic heterocycles. The van der Waals surface area contributed by atoms with Crippen LogP contribution in [-0.4, -0.2) is 47.4 Å². The fourth-order valence-corrected chi connectivity index (χ4v) is 5.55. The average molecular weight is 495 g/mol. The van der Waals surface area contributed by atoms with Crippen LogP contribution in [0.3, 0.4) is 0 Å². The van der Waals surface area contributed by atoms with Crippen molar-refractivity contribution in [2.24, 2.45) is 0 Å². The van der Waals surface area contributed by atoms with E-state index in [1.807, 2.05) is 24.3 Å². The predicted molar refractivity (Wildman–Crippen MR) is 128 cm³/mol. The average Bonchev–Trinajstić information content (AvgIpc) is 3.50. The van der Waals surface area contributed by atoms with E-state index in [9.17, 15) is 14.9 Å². The summed E-state index contributed by atoms with van der Waals surface area (Å²) in [5.41, 5.74) is 0.590. The van der Waals surface area contributed by atoms with Crippen LogP contribution in [0, 0.1) is 11.3 Å². The highest BCUT2D eigenvalue weighted by molar-refractivity contribution is 6.35. The molecular weight excluding hydrogens is 475 g/mol. The van der Waals surface area contributed by atoms with Crippen molar-refractivity contribution in [2.75, 3.05) is 25.0 Å². The molecular formula is C25H20Cl2N4O3. The Labute approximate surface area is 206 Å². The number of likely N-dealkylation sites (tertiary alicyclic amines) is 1. The number of carbonyl (C=O) groups is 2. The number of nitrogens with zero attached hydrogens (tertiary/aromatic N) is 4. The number of likely N-dealkylation sites (N-methyl/N-ethyl adjacent to an activating group) is 1. The second-order valence-electron chi connectivity index (χ2n) is 8.57. The Hall–Kier alpha value is -3.31. The Morgan fingerprint density at radius 1 is 1.12 bits per heavy atom. The van der Waals surface area contributed by atoms with Crippen molar-refractivity contribution < 1.29 is 14.0 Å². The number of hydrogen-bond acceptors (Lipinski definition) is 5. The fraction of sp³-hybridized carbons (Fsp3) is 0.240. The Morgan fingerprint density at radius 3 is 2.44 bits per heavy atom. The summed E-state index contributed by atoms with van der Waals surface area (Å²) in [6.07, 6.45) is 1.61. The molecule has 2 aliphatic rings. The van der Waals surface area contributed by atoms with E-state index >= 15 is 0 Å². The summed E-state index contributed by atoms with van der Waals surface area (Å²) in [5.74, 6) is 0.111. The number of amides is 3. The van der Waals surface area contributed by atoms with E-state index in [0.29, 0.717) is 40.9 Å². The zero-order chi connectivity index (χ0) is 24.0. The number of halogens is 2. The van der Waals surface area contributed by atoms with E-state index in [1.165, 1.54) is 4.90 Å². The van der Waals surface area contributed by atoms with Gasteiger partial charge in [-0.2, -0.15) is 5.26 Å². The molecule has 2 aromatic carbocycles. The van der Waals surface area contributed by atoms with Crippen LogP contribution in [-0.2, 0) is 11.3 Å². The lowest BCUT2D eigenvalue weighted by molar-refractivity contribution is -0.124. The summed E-state index contributed by atoms with van der Waals surface area (Å²) in [7, 11) is 1.65. The highest BCUT2D eigenvalue weighted by atomic mass is 35.5. The minimum Gasteiger partial charge on any atom is -0.468 e. The smallest absolute Gasteiger partial charge is 0.332 e. The van der Waals surface area contributed by atoms with Gasteiger partial charge in [0.1, 0.15) is 11.3 Å². The first-order valence-corrected chi connectivity index (χ1v) is 11.4. The van der Waals surface area contributed by atoms with Crippen LogP contribution in [0.5, 0.6) is 0 Å². The fourth-order valence-electron chi connectivity index (χ4n) is 5.04. The summed E-state index contributed by atoms with van der Waals surface area (Å²) < 4.78 is 5.53. The molecule has 172 valence electrons. The van der Waals surface area contributed by atoms with Gasteiger partial charge in [0.2, 0.25) is 0 Å². The van der Waals surface area contributed by atoms with E-state index in [-0.39, 0.29) is 11.8 Å². The minimum atomic E-state index is -1.15. The van der Waals surface area contributed by atoms with E-state index in [4.69, 9.17) is 27.6 Å². The molecule has 2 saturated heterocycles. The van der Waals surface area contributed by atoms with Gasteiger partial charge in [-0.25, -0.2) is 9.69 Å². The number of benzene rings is 2. The van der Waals surface area contributed by atoms with Crippen molar-refractivity contribution in [3.63, 3.8) is 0 Å². The number of rotatable bonds is 4. The lowest BCUT2D eigenvalue weighted by Crippen LogP contribution is -2.53. The Kier molecular flexibility index (Phi) is 5.61. The monoisotopic (exact) mass is 494 g/mol. The molecule has 34 heavy (non-hydrogen) atoms. The first-order valence-electron chi connectivity index (χ1n) is 10.7. The maximum Gasteiger partial charge on any atom is 0.332 e. The normalized spacial score (nSPS) is 22.7. The van der Waals surface area contributed by atoms with Crippen molar-refractivity contribution in [3.8, 4) is 6.07 Å². The third-order valence-electron chi connectivity index (χ3n) is 6.64. The van der Waals surface area contributed by atoms with Gasteiger partial charge in [-0.05, 0) is 48.0 Å². The molecule has 2 atom stereocenters. The van der Waals surface area contributed by atoms with Gasteiger partial charge in [-0.15, -0.1) is 0 Å². The molecule has 0 bridgehead atoms. The molecule has 5 rings (SSSR count). The summed E-state index contributed by atoms with van der Waals surface area (Å²) in [5, 5.41) is 9.87. The second-order valence-corrected chi connectivity index (χ2v) is 9.44. The molecule has 2 aliphatic heterocycles. The van der Waals surface area contributed by atoms with Crippen molar-refractivity contribution in [2.45, 2.75) is 18.0 Å². The van der Waals surface area contributed by atoms with Gasteiger partial charge in [0.15, 0.2) is 0 Å². The molecule has 2 fully saturated rings. The number of anilines is 1. The largest absolute Gasteiger partial charge is 0.468 e. The van der Waals surface area contributed by atoms with Gasteiger partial charge >= 0.3 is 6.03 Å². The minimum absolute atomic E-state index is 0.323. The molecule has 0 aliphatic carbocycles. The number of carbonyl (C=O) groups excluding carboxylic acids is 2. The van der Waals surface area contributed by atoms with Crippen molar-refractivity contribution in [3.05, 3.63) is 87.8 Å². The first kappa shape index (κ1) is 22.5. The van der Waals surface area contributed by atoms with Crippen LogP contribution < -0.4 is 4.90 Å². The third-order valence-corrected chi connectivity index (χ3v) is 7.08. The van der Waals surface area contributed by atoms with E-state index in [2.05, 4.69) is 11.0 Å². The summed E-state index contributed by atoms with van der Waals surface area (Å²) in [4.78, 5) is 32.4. The first-order chi connectivity index (χ1) is 16.3. The molecule has 2 unspecified atom stereocenters. The summed E-state index contributed by atoms with van der Waals surface area (Å²) in [6, 6.07) is 17.2. The highest BCUT2D eigenvalue weighted by Gasteiger charge is 2.64. The lowest BCUT2D eigenvalue weighted by Gasteiger charge is -2.34. The molecule has 1 spiro atoms. The molecule has 0 radical (unpaired) electrons. The van der Waals surface area contributed by atoms with Gasteiger partial charge in [-0.3, -0.25) is 9.69 Å². The molecule has 9 heteroatoms. The van der Waals surface area contributed by atoms with E-state index in [0.717, 1.165) is 16.2 Å². The Balaban J connectivity index is 1.59. The topological polar surface area (TPSA) is 80.8 Å². The highest BCUT2D eigenvalue weighted by Crippen LogP contribution is 2.47. The van der Waals surface area contributed by atoms with Crippen LogP contribution in [0.1, 0.15) is 22.8 Å². The van der Waals surface area contributed by atoms with Gasteiger partial charge in [0.05, 0.1) is 30.1 Å². The number of nitriles is 1. The SMILES string of the molecule is CN1C(=O)N(c2cc(Cl)cc(Cl)c2)C(=O)C12CN(Cc1ccco1)CC2c1ccc(C#N)cc1. The number of furan rings is 1. The number of urea groups is 1. The number of imide groups is 1. The lowest BCUT2D eigenvalue weighted by atomic mass is 9.80. The molecule has 0 N–H and O–H groups in total. The van der Waals surface area contributed by atoms with Crippen LogP contribution in [0.2, 0.25) is 10.0 Å². The van der Waals surface area contributed by atoms with Gasteiger partial charge in [0, 0.05) is 36.1 Å². The maximum absolute atomic E-state index is 14.1. The standard InChI is InChI=1S/C25H20Cl2N4O3/c1-29-24(33)31(20-10-18(26)9-19(27)11-20)23(32)25(29)15-30(13-21-3-2-8-34-21)14-22(25)17-6-4-16(12-28)5-7-17/h2-11,22H,13-15H2,1H3. The molecule has 0 saturated carbocycles. The second kappa shape index (κ2) is 8.48. The number of hydrogen-bond donors (Lipinski definition) is 0. The summed E-state index contributed by atoms with van der Waals surface area (Å²) in [6.45, 7) is 1.35. The third kappa shape index (κ3) is 3.55. The quantitative estimate of drug-likeness (QED) is 0.482. The van der Waals surface area contributed by atoms with Crippen molar-refractivity contribution in [1.82, 2.24) is 9.80 Å². The van der Waals surface area contributed by atoms with Gasteiger partial charge in [-0.1, -0.05) is 35.3 Å². The Morgan fingerprint density at radius 2 is 1.82 bits per heavy atom. The molecule has 3 heterocycles.